The van der Waals surface area contributed by atoms with Gasteiger partial charge in [-0.05, 0) is 112 Å². The van der Waals surface area contributed by atoms with Crippen LogP contribution >= 0.6 is 11.8 Å². The summed E-state index contributed by atoms with van der Waals surface area (Å²) in [5, 5.41) is 80.1. The third-order valence-corrected chi connectivity index (χ3v) is 24.2. The number of Topliss-reactive ketones (excluding diaryl/α,β-unsaturated/α-hetero) is 7. The highest BCUT2D eigenvalue weighted by Crippen LogP contribution is 2.28. The number of ether oxygens (including phenoxy) is 3. The zero-order chi connectivity index (χ0) is 103. The van der Waals surface area contributed by atoms with E-state index in [0.717, 1.165) is 0 Å². The molecular formula is C94H144N18O25S. The molecule has 0 saturated carbocycles. The Morgan fingerprint density at radius 3 is 1.54 bits per heavy atom. The van der Waals surface area contributed by atoms with Crippen LogP contribution in [0.2, 0.25) is 0 Å². The lowest BCUT2D eigenvalue weighted by Crippen LogP contribution is -2.53. The van der Waals surface area contributed by atoms with Crippen LogP contribution in [-0.4, -0.2) is 269 Å². The topological polar surface area (TPSA) is 708 Å². The van der Waals surface area contributed by atoms with Crippen molar-refractivity contribution < 1.29 is 121 Å². The quantitative estimate of drug-likeness (QED) is 0.0166. The van der Waals surface area contributed by atoms with Gasteiger partial charge in [0, 0.05) is 143 Å². The number of primary amides is 1. The number of hydrogen-bond acceptors (Lipinski definition) is 28. The fraction of sp³-hybridized carbons (Fsp3) is 0.628. The zero-order valence-electron chi connectivity index (χ0n) is 80.2. The summed E-state index contributed by atoms with van der Waals surface area (Å²) in [6.07, 6.45) is -2.79. The van der Waals surface area contributed by atoms with Crippen molar-refractivity contribution >= 4 is 146 Å². The molecule has 3 aromatic rings. The molecule has 2 heterocycles. The number of fused-ring (bicyclic) bond motifs is 1. The molecule has 44 heteroatoms. The molecule has 0 radical (unpaired) electrons. The Morgan fingerprint density at radius 1 is 0.500 bits per heavy atom. The minimum Gasteiger partial charge on any atom is -0.481 e. The van der Waals surface area contributed by atoms with Crippen molar-refractivity contribution in [3.63, 3.8) is 0 Å². The number of hydroxylamine groups is 2. The number of guanidine groups is 3. The normalized spacial score (nSPS) is 15.0. The van der Waals surface area contributed by atoms with Gasteiger partial charge in [-0.1, -0.05) is 96.5 Å². The maximum absolute atomic E-state index is 15.2. The lowest BCUT2D eigenvalue weighted by molar-refractivity contribution is -0.198. The average molecular weight is 1960 g/mol. The number of carbonyl (C=O) groups excluding carboxylic acids is 17. The maximum atomic E-state index is 15.2. The summed E-state index contributed by atoms with van der Waals surface area (Å²) in [5.41, 5.74) is 24.1. The smallest absolute Gasteiger partial charge is 0.335 e. The molecule has 766 valence electrons. The fourth-order valence-corrected chi connectivity index (χ4v) is 16.0. The van der Waals surface area contributed by atoms with Crippen molar-refractivity contribution in [2.75, 3.05) is 77.9 Å². The molecule has 1 unspecified atom stereocenters. The van der Waals surface area contributed by atoms with Gasteiger partial charge in [0.2, 0.25) is 41.4 Å². The van der Waals surface area contributed by atoms with Crippen molar-refractivity contribution in [3.05, 3.63) is 71.9 Å². The van der Waals surface area contributed by atoms with E-state index in [1.54, 1.807) is 94.7 Å². The molecule has 0 aliphatic carbocycles. The molecule has 9 amide bonds. The first-order chi connectivity index (χ1) is 65.5. The van der Waals surface area contributed by atoms with E-state index in [-0.39, 0.29) is 192 Å². The first-order valence-corrected chi connectivity index (χ1v) is 48.3. The van der Waals surface area contributed by atoms with E-state index in [1.165, 1.54) is 18.7 Å². The number of carboxylic acid groups (broad SMARTS) is 1. The molecule has 4 rings (SSSR count). The summed E-state index contributed by atoms with van der Waals surface area (Å²) in [6, 6.07) is 6.91. The number of ketones is 7. The highest BCUT2D eigenvalue weighted by molar-refractivity contribution is 7.98. The Kier molecular flexibility index (Phi) is 54.4. The van der Waals surface area contributed by atoms with Gasteiger partial charge >= 0.3 is 11.9 Å². The number of hydrogen-bond donors (Lipinski definition) is 20. The second-order valence-corrected chi connectivity index (χ2v) is 36.4. The lowest BCUT2D eigenvalue weighted by Gasteiger charge is -2.29. The molecular weight excluding hydrogens is 1810 g/mol. The van der Waals surface area contributed by atoms with Crippen LogP contribution in [0.5, 0.6) is 0 Å². The van der Waals surface area contributed by atoms with Gasteiger partial charge in [-0.3, -0.25) is 97.7 Å². The van der Waals surface area contributed by atoms with Gasteiger partial charge in [0.15, 0.2) is 52.6 Å². The van der Waals surface area contributed by atoms with Gasteiger partial charge in [0.25, 0.3) is 11.8 Å². The van der Waals surface area contributed by atoms with Crippen LogP contribution < -0.4 is 70.8 Å². The van der Waals surface area contributed by atoms with E-state index in [2.05, 4.69) is 52.8 Å². The average Bonchev–Trinajstić information content (AvgIpc) is 1.53. The van der Waals surface area contributed by atoms with E-state index in [9.17, 15) is 87.2 Å². The summed E-state index contributed by atoms with van der Waals surface area (Å²) in [5.74, 6) is -24.0. The molecule has 1 fully saturated rings. The predicted molar refractivity (Wildman–Crippen MR) is 510 cm³/mol. The monoisotopic (exact) mass is 1960 g/mol. The van der Waals surface area contributed by atoms with Crippen molar-refractivity contribution in [2.24, 2.45) is 76.2 Å². The van der Waals surface area contributed by atoms with Crippen LogP contribution in [0.15, 0.2) is 60.8 Å². The van der Waals surface area contributed by atoms with Crippen molar-refractivity contribution in [1.29, 1.82) is 16.2 Å². The largest absolute Gasteiger partial charge is 0.481 e. The number of imide groups is 1. The molecule has 2 aromatic carbocycles. The van der Waals surface area contributed by atoms with Crippen LogP contribution in [0, 0.1) is 69.5 Å². The molecule has 1 aliphatic rings. The number of aromatic amines is 1. The van der Waals surface area contributed by atoms with Crippen LogP contribution in [0.25, 0.3) is 10.9 Å². The SMILES string of the molecule is CC[C@H](C)[C@H](CC(=O)[C@@H](NC(=O)C(CC(=O)[C@H](CCCNC(=N)N)NC(=O)[C@@H](CC(=O)[C@H](CC(C)C)NC(=O)[C@H](CCSC)CC(=O)[C@H](CCCNC(=N)N)NC(=O)CCC(=O)CCOCCOCCOCCC(=O)ON1C(=O)CCC1=O)Cc1ccccc1)C(C)C)[C@@H](C)O)C(=O)N[C@@H](CC(=O)O)C(=O)C[C@@H](CO)C(=O)N[C@@H](Cc1c[nH]c2ccccc12)C(=O)C[C@@H](CCCNC(=N)N)C(N)=O. The summed E-state index contributed by atoms with van der Waals surface area (Å²) < 4.78 is 16.3. The number of nitrogens with zero attached hydrogens (tertiary/aromatic N) is 1. The number of rotatable bonds is 74. The maximum Gasteiger partial charge on any atom is 0.335 e. The second kappa shape index (κ2) is 63.5. The third-order valence-electron chi connectivity index (χ3n) is 23.6. The van der Waals surface area contributed by atoms with Crippen molar-refractivity contribution in [3.8, 4) is 0 Å². The van der Waals surface area contributed by atoms with Crippen molar-refractivity contribution in [2.45, 2.75) is 245 Å². The summed E-state index contributed by atoms with van der Waals surface area (Å²) in [6.45, 7) is 11.1. The lowest BCUT2D eigenvalue weighted by atomic mass is 9.83. The minimum absolute atomic E-state index is 0.00966. The van der Waals surface area contributed by atoms with Gasteiger partial charge in [-0.15, -0.1) is 5.06 Å². The Bertz CT molecular complexity index is 4580. The number of thioether (sulfide) groups is 1. The number of nitrogens with two attached hydrogens (primary N) is 4. The van der Waals surface area contributed by atoms with Crippen molar-refractivity contribution in [1.82, 2.24) is 57.9 Å². The van der Waals surface area contributed by atoms with E-state index in [0.29, 0.717) is 32.8 Å². The molecule has 0 bridgehead atoms. The molecule has 1 saturated heterocycles. The summed E-state index contributed by atoms with van der Waals surface area (Å²) in [4.78, 5) is 256. The van der Waals surface area contributed by atoms with E-state index in [4.69, 9.17) is 58.2 Å². The van der Waals surface area contributed by atoms with Crippen LogP contribution in [0.4, 0.5) is 0 Å². The van der Waals surface area contributed by atoms with Gasteiger partial charge in [0.1, 0.15) is 11.8 Å². The minimum atomic E-state index is -1.88. The highest BCUT2D eigenvalue weighted by atomic mass is 32.2. The summed E-state index contributed by atoms with van der Waals surface area (Å²) in [7, 11) is 0. The fourth-order valence-electron chi connectivity index (χ4n) is 15.4. The predicted octanol–water partition coefficient (Wildman–Crippen LogP) is 1.73. The Morgan fingerprint density at radius 2 is 0.978 bits per heavy atom. The van der Waals surface area contributed by atoms with E-state index < -0.39 is 247 Å². The summed E-state index contributed by atoms with van der Waals surface area (Å²) >= 11 is 1.39. The van der Waals surface area contributed by atoms with Crippen LogP contribution in [-0.2, 0) is 118 Å². The number of aliphatic hydroxyl groups is 2. The second-order valence-electron chi connectivity index (χ2n) is 35.5. The Hall–Kier alpha value is -12.0. The number of amides is 9. The Balaban J connectivity index is 1.51. The number of aliphatic hydroxyl groups excluding tert-OH is 2. The molecule has 1 aromatic heterocycles. The van der Waals surface area contributed by atoms with Crippen LogP contribution in [0.1, 0.15) is 201 Å². The first kappa shape index (κ1) is 118. The number of aliphatic carboxylic acids is 1. The number of nitrogens with one attached hydrogen (secondary N) is 13. The van der Waals surface area contributed by atoms with E-state index >= 15 is 14.4 Å². The van der Waals surface area contributed by atoms with Gasteiger partial charge in [0.05, 0.1) is 101 Å². The number of benzene rings is 2. The zero-order valence-corrected chi connectivity index (χ0v) is 81.1. The molecule has 138 heavy (non-hydrogen) atoms. The van der Waals surface area contributed by atoms with Crippen LogP contribution in [0.3, 0.4) is 0 Å². The first-order valence-electron chi connectivity index (χ1n) is 46.9. The third kappa shape index (κ3) is 44.6. The number of carbonyl (C=O) groups is 18. The molecule has 1 aliphatic heterocycles. The van der Waals surface area contributed by atoms with E-state index in [1.807, 2.05) is 13.8 Å². The number of carboxylic acids is 1. The molecule has 24 N–H and O–H groups in total. The number of para-hydroxylation sites is 1. The van der Waals surface area contributed by atoms with Gasteiger partial charge in [-0.25, -0.2) is 4.79 Å². The molecule has 14 atom stereocenters. The number of H-pyrrole nitrogens is 1. The van der Waals surface area contributed by atoms with Gasteiger partial charge < -0.3 is 110 Å². The number of aromatic nitrogens is 1. The van der Waals surface area contributed by atoms with Gasteiger partial charge in [-0.2, -0.15) is 11.8 Å². The Labute approximate surface area is 808 Å². The highest BCUT2D eigenvalue weighted by Gasteiger charge is 2.42. The molecule has 43 nitrogen and oxygen atoms in total. The standard InChI is InChI=1S/C94H144N18O25S/c1-9-56(6)67(91(133)110-73(51-83(125)126)77(119)48-63(53-113)89(131)109-72(44-62-52-105-68-22-14-13-21-65(62)68)75(117)45-59(86(95)128)20-15-32-102-92(96)97)50-79(121)85(57(7)114)111-90(132)66(55(4)5)49-78(120)70(24-17-34-104-94(100)101)107-88(130)61(43-58-18-11-10-12-19-58)47-76(118)71(42-54(2)3)108-87(129)60(31-41-138-8)46-74(116)69(23-16-33-103-93(98)99)106-80(122)26-25-64(115)29-35-134-37-39-136-40-38-135-36-30-84(127)137-112-81(123)27-28-82(112)124/h10-14,18-19,21-22,52,54-57,59-61,63,66-67,69-73,85,105,113-114H,9,15-17,20,23-51,53H2,1-8H3,(H2,95,128)(H,106,122)(H,107,130)(H,108,129)(H,109,131)(H,110,133)(H,111,132)(H,125,126)(H4,96,97,102)(H4,98,99,103)(H4,100,101,104)/t56-,57+,59+,60+,61+,63-,66?,67-,69-,70-,71-,72-,73-,85-/m0/s1. The molecule has 0 spiro atoms.